The monoisotopic (exact) mass is 492 g/mol. The van der Waals surface area contributed by atoms with Gasteiger partial charge >= 0.3 is 6.18 Å². The van der Waals surface area contributed by atoms with E-state index >= 15 is 0 Å². The highest BCUT2D eigenvalue weighted by Gasteiger charge is 2.31. The van der Waals surface area contributed by atoms with Crippen LogP contribution in [0.4, 0.5) is 18.9 Å². The summed E-state index contributed by atoms with van der Waals surface area (Å²) >= 11 is 0. The lowest BCUT2D eigenvalue weighted by Crippen LogP contribution is -2.30. The van der Waals surface area contributed by atoms with Crippen molar-refractivity contribution in [1.82, 2.24) is 14.5 Å². The highest BCUT2D eigenvalue weighted by molar-refractivity contribution is 7.89. The molecule has 0 unspecified atom stereocenters. The van der Waals surface area contributed by atoms with Crippen LogP contribution < -0.4 is 9.62 Å². The lowest BCUT2D eigenvalue weighted by atomic mass is 10.1. The molecule has 3 aromatic rings. The van der Waals surface area contributed by atoms with Crippen LogP contribution in [0.15, 0.2) is 47.4 Å². The number of amides is 1. The van der Waals surface area contributed by atoms with E-state index in [9.17, 15) is 26.4 Å². The Bertz CT molecular complexity index is 1380. The Balaban J connectivity index is 1.60. The summed E-state index contributed by atoms with van der Waals surface area (Å²) in [6.07, 6.45) is -3.93. The number of carbonyl (C=O) groups is 1. The van der Waals surface area contributed by atoms with Gasteiger partial charge in [-0.25, -0.2) is 17.8 Å². The Kier molecular flexibility index (Phi) is 6.03. The number of hydrogen-bond donors (Lipinski definition) is 1. The van der Waals surface area contributed by atoms with E-state index in [-0.39, 0.29) is 22.9 Å². The molecule has 180 valence electrons. The molecular formula is C23H23F3N4O3S. The number of aromatic nitrogens is 2. The van der Waals surface area contributed by atoms with E-state index in [1.54, 1.807) is 30.9 Å². The predicted octanol–water partition coefficient (Wildman–Crippen LogP) is 3.55. The highest BCUT2D eigenvalue weighted by atomic mass is 32.2. The molecule has 0 aliphatic carbocycles. The normalized spacial score (nSPS) is 13.9. The third-order valence-electron chi connectivity index (χ3n) is 6.01. The fraction of sp³-hybridized carbons (Fsp3) is 0.304. The lowest BCUT2D eigenvalue weighted by Gasteiger charge is -2.18. The van der Waals surface area contributed by atoms with E-state index in [0.29, 0.717) is 35.6 Å². The van der Waals surface area contributed by atoms with Crippen molar-refractivity contribution in [2.45, 2.75) is 37.8 Å². The lowest BCUT2D eigenvalue weighted by molar-refractivity contribution is -0.137. The average Bonchev–Trinajstić information content (AvgIpc) is 3.34. The standard InChI is InChI=1S/C23H23F3N4O3S/c1-14-20(15(2)30(28-14)18-6-4-5-17(12-18)23(24,25)26)13-22(31)29-10-9-16-11-19(7-8-21(16)29)34(32,33)27-3/h4-8,11-12,27H,9-10,13H2,1-3H3. The molecule has 34 heavy (non-hydrogen) atoms. The van der Waals surface area contributed by atoms with Crippen LogP contribution in [0.3, 0.4) is 0 Å². The van der Waals surface area contributed by atoms with E-state index in [4.69, 9.17) is 0 Å². The van der Waals surface area contributed by atoms with E-state index in [1.807, 2.05) is 0 Å². The summed E-state index contributed by atoms with van der Waals surface area (Å²) in [5.41, 5.74) is 2.68. The Morgan fingerprint density at radius 1 is 1.15 bits per heavy atom. The van der Waals surface area contributed by atoms with E-state index in [0.717, 1.165) is 17.7 Å². The first kappa shape index (κ1) is 24.0. The molecule has 2 heterocycles. The summed E-state index contributed by atoms with van der Waals surface area (Å²) in [4.78, 5) is 14.9. The first-order valence-electron chi connectivity index (χ1n) is 10.5. The van der Waals surface area contributed by atoms with Crippen molar-refractivity contribution in [2.75, 3.05) is 18.5 Å². The molecule has 2 aromatic carbocycles. The van der Waals surface area contributed by atoms with Crippen molar-refractivity contribution in [1.29, 1.82) is 0 Å². The van der Waals surface area contributed by atoms with Crippen molar-refractivity contribution in [2.24, 2.45) is 0 Å². The summed E-state index contributed by atoms with van der Waals surface area (Å²) in [5, 5.41) is 4.38. The molecule has 7 nitrogen and oxygen atoms in total. The van der Waals surface area contributed by atoms with Gasteiger partial charge in [0.15, 0.2) is 0 Å². The van der Waals surface area contributed by atoms with E-state index in [1.165, 1.54) is 29.9 Å². The number of alkyl halides is 3. The topological polar surface area (TPSA) is 84.3 Å². The SMILES string of the molecule is CNS(=O)(=O)c1ccc2c(c1)CCN2C(=O)Cc1c(C)nn(-c2cccc(C(F)(F)F)c2)c1C. The number of nitrogens with one attached hydrogen (secondary N) is 1. The van der Waals surface area contributed by atoms with Gasteiger partial charge in [-0.2, -0.15) is 18.3 Å². The fourth-order valence-corrected chi connectivity index (χ4v) is 4.95. The van der Waals surface area contributed by atoms with Gasteiger partial charge in [0.05, 0.1) is 28.3 Å². The Morgan fingerprint density at radius 3 is 2.56 bits per heavy atom. The largest absolute Gasteiger partial charge is 0.416 e. The maximum absolute atomic E-state index is 13.2. The van der Waals surface area contributed by atoms with Crippen molar-refractivity contribution in [3.8, 4) is 5.69 Å². The molecule has 1 aliphatic rings. The number of rotatable bonds is 5. The molecule has 0 bridgehead atoms. The van der Waals surface area contributed by atoms with Crippen LogP contribution in [0.25, 0.3) is 5.69 Å². The summed E-state index contributed by atoms with van der Waals surface area (Å²) < 4.78 is 67.2. The third-order valence-corrected chi connectivity index (χ3v) is 7.43. The highest BCUT2D eigenvalue weighted by Crippen LogP contribution is 2.32. The molecule has 1 N–H and O–H groups in total. The van der Waals surface area contributed by atoms with Crippen LogP contribution in [0.2, 0.25) is 0 Å². The molecule has 0 spiro atoms. The van der Waals surface area contributed by atoms with Crippen LogP contribution in [-0.4, -0.2) is 37.7 Å². The number of carbonyl (C=O) groups excluding carboxylic acids is 1. The number of nitrogens with zero attached hydrogens (tertiary/aromatic N) is 3. The minimum Gasteiger partial charge on any atom is -0.312 e. The van der Waals surface area contributed by atoms with E-state index in [2.05, 4.69) is 9.82 Å². The Labute approximate surface area is 195 Å². The van der Waals surface area contributed by atoms with Crippen LogP contribution in [0.1, 0.15) is 28.1 Å². The van der Waals surface area contributed by atoms with Crippen LogP contribution in [0, 0.1) is 13.8 Å². The smallest absolute Gasteiger partial charge is 0.312 e. The van der Waals surface area contributed by atoms with Gasteiger partial charge in [-0.1, -0.05) is 6.07 Å². The van der Waals surface area contributed by atoms with Crippen molar-refractivity contribution in [3.63, 3.8) is 0 Å². The molecule has 0 saturated heterocycles. The zero-order valence-electron chi connectivity index (χ0n) is 18.8. The minimum absolute atomic E-state index is 0.0205. The van der Waals surface area contributed by atoms with Crippen LogP contribution >= 0.6 is 0 Å². The number of sulfonamides is 1. The second kappa shape index (κ2) is 8.55. The molecule has 1 aliphatic heterocycles. The van der Waals surface area contributed by atoms with Gasteiger partial charge in [-0.3, -0.25) is 4.79 Å². The number of aryl methyl sites for hydroxylation is 1. The predicted molar refractivity (Wildman–Crippen MR) is 120 cm³/mol. The van der Waals surface area contributed by atoms with Crippen LogP contribution in [-0.2, 0) is 33.8 Å². The van der Waals surface area contributed by atoms with Gasteiger partial charge in [0, 0.05) is 23.5 Å². The molecule has 1 aromatic heterocycles. The van der Waals surface area contributed by atoms with Gasteiger partial charge in [0.2, 0.25) is 15.9 Å². The third kappa shape index (κ3) is 4.32. The first-order chi connectivity index (χ1) is 15.9. The van der Waals surface area contributed by atoms with Gasteiger partial charge < -0.3 is 4.90 Å². The number of hydrogen-bond acceptors (Lipinski definition) is 4. The molecule has 1 amide bonds. The number of anilines is 1. The van der Waals surface area contributed by atoms with Crippen molar-refractivity contribution in [3.05, 3.63) is 70.5 Å². The number of benzene rings is 2. The zero-order valence-corrected chi connectivity index (χ0v) is 19.6. The quantitative estimate of drug-likeness (QED) is 0.591. The molecule has 0 radical (unpaired) electrons. The second-order valence-corrected chi connectivity index (χ2v) is 9.97. The van der Waals surface area contributed by atoms with Crippen molar-refractivity contribution < 1.29 is 26.4 Å². The number of halogens is 3. The van der Waals surface area contributed by atoms with E-state index < -0.39 is 21.8 Å². The summed E-state index contributed by atoms with van der Waals surface area (Å²) in [6, 6.07) is 9.53. The molecule has 4 rings (SSSR count). The maximum atomic E-state index is 13.2. The molecule has 0 saturated carbocycles. The minimum atomic E-state index is -4.47. The van der Waals surface area contributed by atoms with Gasteiger partial charge in [0.25, 0.3) is 0 Å². The average molecular weight is 493 g/mol. The van der Waals surface area contributed by atoms with Gasteiger partial charge in [0.1, 0.15) is 0 Å². The maximum Gasteiger partial charge on any atom is 0.416 e. The Hall–Kier alpha value is -3.18. The fourth-order valence-electron chi connectivity index (χ4n) is 4.17. The molecular weight excluding hydrogens is 469 g/mol. The zero-order chi connectivity index (χ0) is 24.8. The Morgan fingerprint density at radius 2 is 1.88 bits per heavy atom. The summed E-state index contributed by atoms with van der Waals surface area (Å²) in [7, 11) is -2.25. The number of fused-ring (bicyclic) bond motifs is 1. The van der Waals surface area contributed by atoms with Gasteiger partial charge in [-0.15, -0.1) is 0 Å². The molecule has 0 fully saturated rings. The molecule has 11 heteroatoms. The summed E-state index contributed by atoms with van der Waals surface area (Å²) in [5.74, 6) is -0.197. The van der Waals surface area contributed by atoms with Crippen molar-refractivity contribution >= 4 is 21.6 Å². The second-order valence-electron chi connectivity index (χ2n) is 8.08. The van der Waals surface area contributed by atoms with Gasteiger partial charge in [-0.05, 0) is 69.3 Å². The first-order valence-corrected chi connectivity index (χ1v) is 12.0. The van der Waals surface area contributed by atoms with Crippen LogP contribution in [0.5, 0.6) is 0 Å². The summed E-state index contributed by atoms with van der Waals surface area (Å²) in [6.45, 7) is 3.85. The molecule has 0 atom stereocenters.